The van der Waals surface area contributed by atoms with Gasteiger partial charge in [-0.25, -0.2) is 4.79 Å². The van der Waals surface area contributed by atoms with Crippen LogP contribution >= 0.6 is 0 Å². The first-order chi connectivity index (χ1) is 11.6. The van der Waals surface area contributed by atoms with Gasteiger partial charge in [-0.15, -0.1) is 0 Å². The SMILES string of the molecule is O=C(O)c1ccc(CCNC(=O)c2ccc3c(c2)NCCO3)cc1. The number of fused-ring (bicyclic) bond motifs is 1. The number of carbonyl (C=O) groups is 2. The minimum Gasteiger partial charge on any atom is -0.490 e. The van der Waals surface area contributed by atoms with Crippen LogP contribution in [0.2, 0.25) is 0 Å². The number of aromatic carboxylic acids is 1. The van der Waals surface area contributed by atoms with Gasteiger partial charge in [0.25, 0.3) is 5.91 Å². The monoisotopic (exact) mass is 326 g/mol. The molecular weight excluding hydrogens is 308 g/mol. The Hall–Kier alpha value is -3.02. The summed E-state index contributed by atoms with van der Waals surface area (Å²) in [6.45, 7) is 1.83. The molecule has 24 heavy (non-hydrogen) atoms. The second-order valence-corrected chi connectivity index (χ2v) is 5.49. The van der Waals surface area contributed by atoms with E-state index in [-0.39, 0.29) is 11.5 Å². The molecule has 0 saturated heterocycles. The summed E-state index contributed by atoms with van der Waals surface area (Å²) in [5.74, 6) is -0.330. The lowest BCUT2D eigenvalue weighted by molar-refractivity contribution is 0.0696. The lowest BCUT2D eigenvalue weighted by atomic mass is 10.1. The van der Waals surface area contributed by atoms with E-state index in [4.69, 9.17) is 9.84 Å². The summed E-state index contributed by atoms with van der Waals surface area (Å²) in [6.07, 6.45) is 0.637. The zero-order valence-corrected chi connectivity index (χ0v) is 13.0. The molecule has 3 N–H and O–H groups in total. The number of carboxylic acids is 1. The van der Waals surface area contributed by atoms with Crippen LogP contribution in [0.25, 0.3) is 0 Å². The number of hydrogen-bond donors (Lipinski definition) is 3. The van der Waals surface area contributed by atoms with Crippen LogP contribution < -0.4 is 15.4 Å². The van der Waals surface area contributed by atoms with Crippen LogP contribution in [0.4, 0.5) is 5.69 Å². The minimum atomic E-state index is -0.945. The highest BCUT2D eigenvalue weighted by Gasteiger charge is 2.13. The van der Waals surface area contributed by atoms with Crippen LogP contribution in [-0.2, 0) is 6.42 Å². The number of hydrogen-bond acceptors (Lipinski definition) is 4. The number of nitrogens with one attached hydrogen (secondary N) is 2. The largest absolute Gasteiger partial charge is 0.490 e. The molecule has 0 aliphatic carbocycles. The molecule has 0 aromatic heterocycles. The van der Waals surface area contributed by atoms with Crippen molar-refractivity contribution in [1.82, 2.24) is 5.32 Å². The molecule has 2 aromatic rings. The van der Waals surface area contributed by atoms with Crippen molar-refractivity contribution in [3.05, 3.63) is 59.2 Å². The molecule has 0 atom stereocenters. The topological polar surface area (TPSA) is 87.7 Å². The van der Waals surface area contributed by atoms with Crippen molar-refractivity contribution in [2.24, 2.45) is 0 Å². The number of ether oxygens (including phenoxy) is 1. The van der Waals surface area contributed by atoms with Gasteiger partial charge in [0.15, 0.2) is 0 Å². The molecule has 124 valence electrons. The molecule has 2 aromatic carbocycles. The van der Waals surface area contributed by atoms with Crippen molar-refractivity contribution in [1.29, 1.82) is 0 Å². The van der Waals surface area contributed by atoms with E-state index in [0.717, 1.165) is 23.5 Å². The van der Waals surface area contributed by atoms with E-state index >= 15 is 0 Å². The first-order valence-corrected chi connectivity index (χ1v) is 7.74. The van der Waals surface area contributed by atoms with Crippen LogP contribution in [0.15, 0.2) is 42.5 Å². The van der Waals surface area contributed by atoms with Crippen LogP contribution in [0.3, 0.4) is 0 Å². The maximum atomic E-state index is 12.2. The molecule has 6 heteroatoms. The first-order valence-electron chi connectivity index (χ1n) is 7.74. The van der Waals surface area contributed by atoms with Crippen LogP contribution in [0, 0.1) is 0 Å². The zero-order chi connectivity index (χ0) is 16.9. The average Bonchev–Trinajstić information content (AvgIpc) is 2.61. The molecule has 0 spiro atoms. The van der Waals surface area contributed by atoms with Crippen LogP contribution in [0.1, 0.15) is 26.3 Å². The fourth-order valence-electron chi connectivity index (χ4n) is 2.52. The van der Waals surface area contributed by atoms with Gasteiger partial charge in [-0.2, -0.15) is 0 Å². The Balaban J connectivity index is 1.54. The summed E-state index contributed by atoms with van der Waals surface area (Å²) in [6, 6.07) is 12.0. The van der Waals surface area contributed by atoms with Gasteiger partial charge in [-0.3, -0.25) is 4.79 Å². The van der Waals surface area contributed by atoms with E-state index < -0.39 is 5.97 Å². The molecule has 3 rings (SSSR count). The normalized spacial score (nSPS) is 12.5. The van der Waals surface area contributed by atoms with Crippen molar-refractivity contribution in [2.45, 2.75) is 6.42 Å². The molecule has 1 heterocycles. The van der Waals surface area contributed by atoms with Crippen molar-refractivity contribution in [2.75, 3.05) is 25.0 Å². The second kappa shape index (κ2) is 7.04. The van der Waals surface area contributed by atoms with Gasteiger partial charge in [-0.05, 0) is 42.3 Å². The summed E-state index contributed by atoms with van der Waals surface area (Å²) >= 11 is 0. The lowest BCUT2D eigenvalue weighted by Crippen LogP contribution is -2.26. The van der Waals surface area contributed by atoms with Crippen molar-refractivity contribution in [3.63, 3.8) is 0 Å². The van der Waals surface area contributed by atoms with Gasteiger partial charge < -0.3 is 20.5 Å². The summed E-state index contributed by atoms with van der Waals surface area (Å²) in [4.78, 5) is 23.0. The Morgan fingerprint density at radius 3 is 2.62 bits per heavy atom. The quantitative estimate of drug-likeness (QED) is 0.784. The third-order valence-electron chi connectivity index (χ3n) is 3.82. The molecule has 6 nitrogen and oxygen atoms in total. The van der Waals surface area contributed by atoms with E-state index in [1.54, 1.807) is 42.5 Å². The van der Waals surface area contributed by atoms with Gasteiger partial charge in [0.2, 0.25) is 0 Å². The van der Waals surface area contributed by atoms with E-state index in [0.29, 0.717) is 25.1 Å². The second-order valence-electron chi connectivity index (χ2n) is 5.49. The zero-order valence-electron chi connectivity index (χ0n) is 13.0. The summed E-state index contributed by atoms with van der Waals surface area (Å²) in [5.41, 5.74) is 2.64. The average molecular weight is 326 g/mol. The number of benzene rings is 2. The van der Waals surface area contributed by atoms with Gasteiger partial charge in [0.05, 0.1) is 11.3 Å². The molecule has 0 radical (unpaired) electrons. The van der Waals surface area contributed by atoms with Gasteiger partial charge >= 0.3 is 5.97 Å². The van der Waals surface area contributed by atoms with Crippen LogP contribution in [0.5, 0.6) is 5.75 Å². The van der Waals surface area contributed by atoms with E-state index in [2.05, 4.69) is 10.6 Å². The highest BCUT2D eigenvalue weighted by molar-refractivity contribution is 5.95. The third kappa shape index (κ3) is 3.65. The molecule has 1 aliphatic rings. The van der Waals surface area contributed by atoms with Crippen molar-refractivity contribution in [3.8, 4) is 5.75 Å². The molecule has 1 amide bonds. The lowest BCUT2D eigenvalue weighted by Gasteiger charge is -2.19. The molecule has 0 bridgehead atoms. The Bertz CT molecular complexity index is 756. The Morgan fingerprint density at radius 2 is 1.88 bits per heavy atom. The van der Waals surface area contributed by atoms with Gasteiger partial charge in [0.1, 0.15) is 12.4 Å². The number of carboxylic acid groups (broad SMARTS) is 1. The molecule has 0 unspecified atom stereocenters. The maximum Gasteiger partial charge on any atom is 0.335 e. The summed E-state index contributed by atoms with van der Waals surface area (Å²) in [7, 11) is 0. The number of carbonyl (C=O) groups excluding carboxylic acids is 1. The standard InChI is InChI=1S/C18H18N2O4/c21-17(14-5-6-16-15(11-14)19-9-10-24-16)20-8-7-12-1-3-13(4-2-12)18(22)23/h1-6,11,19H,7-10H2,(H,20,21)(H,22,23). The summed E-state index contributed by atoms with van der Waals surface area (Å²) < 4.78 is 5.49. The predicted molar refractivity (Wildman–Crippen MR) is 89.9 cm³/mol. The number of amides is 1. The Morgan fingerprint density at radius 1 is 1.12 bits per heavy atom. The number of anilines is 1. The van der Waals surface area contributed by atoms with Gasteiger partial charge in [-0.1, -0.05) is 12.1 Å². The molecule has 1 aliphatic heterocycles. The Labute approximate surface area is 139 Å². The predicted octanol–water partition coefficient (Wildman–Crippen LogP) is 2.16. The smallest absolute Gasteiger partial charge is 0.335 e. The van der Waals surface area contributed by atoms with E-state index in [1.807, 2.05) is 0 Å². The molecule has 0 saturated carbocycles. The van der Waals surface area contributed by atoms with Crippen LogP contribution in [-0.4, -0.2) is 36.7 Å². The third-order valence-corrected chi connectivity index (χ3v) is 3.82. The van der Waals surface area contributed by atoms with E-state index in [1.165, 1.54) is 0 Å². The van der Waals surface area contributed by atoms with E-state index in [9.17, 15) is 9.59 Å². The molecular formula is C18H18N2O4. The number of rotatable bonds is 5. The Kier molecular flexibility index (Phi) is 4.65. The maximum absolute atomic E-state index is 12.2. The molecule has 0 fully saturated rings. The van der Waals surface area contributed by atoms with Crippen molar-refractivity contribution < 1.29 is 19.4 Å². The minimum absolute atomic E-state index is 0.146. The fourth-order valence-corrected chi connectivity index (χ4v) is 2.52. The highest BCUT2D eigenvalue weighted by Crippen LogP contribution is 2.27. The van der Waals surface area contributed by atoms with Crippen molar-refractivity contribution >= 4 is 17.6 Å². The highest BCUT2D eigenvalue weighted by atomic mass is 16.5. The van der Waals surface area contributed by atoms with Gasteiger partial charge in [0, 0.05) is 18.7 Å². The first kappa shape index (κ1) is 15.9. The fraction of sp³-hybridized carbons (Fsp3) is 0.222. The summed E-state index contributed by atoms with van der Waals surface area (Å²) in [5, 5.41) is 14.9.